The topological polar surface area (TPSA) is 59.1 Å². The van der Waals surface area contributed by atoms with Crippen LogP contribution in [0.4, 0.5) is 0 Å². The van der Waals surface area contributed by atoms with E-state index in [1.165, 1.54) is 5.56 Å². The van der Waals surface area contributed by atoms with Crippen molar-refractivity contribution in [2.24, 2.45) is 5.73 Å². The predicted octanol–water partition coefficient (Wildman–Crippen LogP) is 3.34. The zero-order chi connectivity index (χ0) is 12.7. The van der Waals surface area contributed by atoms with Crippen molar-refractivity contribution in [3.8, 4) is 17.0 Å². The van der Waals surface area contributed by atoms with Gasteiger partial charge in [0.1, 0.15) is 5.75 Å². The zero-order valence-corrected chi connectivity index (χ0v) is 11.7. The second-order valence-corrected chi connectivity index (χ2v) is 5.05. The fourth-order valence-electron chi connectivity index (χ4n) is 2.09. The van der Waals surface area contributed by atoms with Gasteiger partial charge in [-0.15, -0.1) is 12.4 Å². The number of rotatable bonds is 2. The number of aromatic nitrogens is 1. The van der Waals surface area contributed by atoms with Crippen LogP contribution in [0.3, 0.4) is 0 Å². The van der Waals surface area contributed by atoms with Crippen molar-refractivity contribution in [2.45, 2.75) is 18.4 Å². The number of halogens is 2. The number of pyridine rings is 1. The molecule has 0 aliphatic heterocycles. The Labute approximate surface area is 122 Å². The molecule has 1 saturated carbocycles. The number of hydrogen-bond acceptors (Lipinski definition) is 3. The second-order valence-electron chi connectivity index (χ2n) is 4.65. The maximum atomic E-state index is 9.48. The molecular weight excluding hydrogens is 283 g/mol. The lowest BCUT2D eigenvalue weighted by Gasteiger charge is -2.05. The van der Waals surface area contributed by atoms with Gasteiger partial charge >= 0.3 is 0 Å². The standard InChI is InChI=1S/C14H13ClN2O.ClH/c15-12-3-2-9(18)5-11(12)14-4-1-8(7-17-14)10-6-13(10)16;/h1-5,7,10,13,18H,6,16H2;1H/t10-,13+;/m0./s1. The SMILES string of the molecule is Cl.N[C@@H]1C[C@H]1c1ccc(-c2cc(O)ccc2Cl)nc1. The number of benzene rings is 1. The average Bonchev–Trinajstić information content (AvgIpc) is 3.10. The molecule has 2 atom stereocenters. The third-order valence-corrected chi connectivity index (χ3v) is 3.61. The van der Waals surface area contributed by atoms with Crippen LogP contribution in [0.5, 0.6) is 5.75 Å². The summed E-state index contributed by atoms with van der Waals surface area (Å²) in [5, 5.41) is 10.1. The summed E-state index contributed by atoms with van der Waals surface area (Å²) in [5.41, 5.74) is 8.48. The van der Waals surface area contributed by atoms with Crippen molar-refractivity contribution >= 4 is 24.0 Å². The fraction of sp³-hybridized carbons (Fsp3) is 0.214. The highest BCUT2D eigenvalue weighted by molar-refractivity contribution is 6.33. The zero-order valence-electron chi connectivity index (χ0n) is 10.1. The second kappa shape index (κ2) is 5.37. The smallest absolute Gasteiger partial charge is 0.116 e. The first kappa shape index (κ1) is 14.1. The Bertz CT molecular complexity index is 586. The monoisotopic (exact) mass is 296 g/mol. The van der Waals surface area contributed by atoms with Crippen molar-refractivity contribution in [2.75, 3.05) is 0 Å². The van der Waals surface area contributed by atoms with E-state index in [0.29, 0.717) is 10.9 Å². The first-order valence-electron chi connectivity index (χ1n) is 5.85. The van der Waals surface area contributed by atoms with Gasteiger partial charge in [-0.25, -0.2) is 0 Å². The lowest BCUT2D eigenvalue weighted by atomic mass is 10.1. The van der Waals surface area contributed by atoms with Gasteiger partial charge in [0.05, 0.1) is 10.7 Å². The molecule has 0 bridgehead atoms. The molecule has 3 nitrogen and oxygen atoms in total. The Morgan fingerprint density at radius 3 is 2.58 bits per heavy atom. The minimum absolute atomic E-state index is 0. The molecule has 0 amide bonds. The van der Waals surface area contributed by atoms with Gasteiger partial charge in [0.25, 0.3) is 0 Å². The highest BCUT2D eigenvalue weighted by atomic mass is 35.5. The minimum atomic E-state index is 0. The number of aromatic hydroxyl groups is 1. The molecule has 0 radical (unpaired) electrons. The first-order valence-corrected chi connectivity index (χ1v) is 6.23. The molecular formula is C14H14Cl2N2O. The van der Waals surface area contributed by atoms with Crippen LogP contribution in [0.2, 0.25) is 5.02 Å². The molecule has 1 aliphatic rings. The molecule has 1 aromatic heterocycles. The molecule has 0 unspecified atom stereocenters. The summed E-state index contributed by atoms with van der Waals surface area (Å²) in [6.07, 6.45) is 2.88. The third kappa shape index (κ3) is 2.84. The Balaban J connectivity index is 0.00000133. The van der Waals surface area contributed by atoms with Crippen LogP contribution >= 0.6 is 24.0 Å². The highest BCUT2D eigenvalue weighted by Gasteiger charge is 2.34. The summed E-state index contributed by atoms with van der Waals surface area (Å²) < 4.78 is 0. The van der Waals surface area contributed by atoms with Gasteiger partial charge in [-0.2, -0.15) is 0 Å². The number of hydrogen-bond donors (Lipinski definition) is 2. The first-order chi connectivity index (χ1) is 8.65. The van der Waals surface area contributed by atoms with E-state index in [1.54, 1.807) is 18.2 Å². The Kier molecular flexibility index (Phi) is 3.99. The molecule has 1 fully saturated rings. The van der Waals surface area contributed by atoms with Crippen LogP contribution in [0.25, 0.3) is 11.3 Å². The van der Waals surface area contributed by atoms with Crippen LogP contribution < -0.4 is 5.73 Å². The van der Waals surface area contributed by atoms with E-state index >= 15 is 0 Å². The number of phenols is 1. The molecule has 1 aliphatic carbocycles. The summed E-state index contributed by atoms with van der Waals surface area (Å²) in [7, 11) is 0. The van der Waals surface area contributed by atoms with Crippen LogP contribution in [0.1, 0.15) is 17.9 Å². The van der Waals surface area contributed by atoms with E-state index < -0.39 is 0 Å². The molecule has 19 heavy (non-hydrogen) atoms. The van der Waals surface area contributed by atoms with Gasteiger partial charge < -0.3 is 10.8 Å². The van der Waals surface area contributed by atoms with E-state index in [2.05, 4.69) is 4.98 Å². The Morgan fingerprint density at radius 2 is 2.00 bits per heavy atom. The quantitative estimate of drug-likeness (QED) is 0.893. The summed E-state index contributed by atoms with van der Waals surface area (Å²) >= 11 is 6.10. The van der Waals surface area contributed by atoms with E-state index in [-0.39, 0.29) is 24.2 Å². The maximum Gasteiger partial charge on any atom is 0.116 e. The lowest BCUT2D eigenvalue weighted by Crippen LogP contribution is -2.01. The molecule has 1 heterocycles. The lowest BCUT2D eigenvalue weighted by molar-refractivity contribution is 0.475. The largest absolute Gasteiger partial charge is 0.508 e. The van der Waals surface area contributed by atoms with Gasteiger partial charge in [-0.3, -0.25) is 4.98 Å². The van der Waals surface area contributed by atoms with E-state index in [1.807, 2.05) is 18.3 Å². The summed E-state index contributed by atoms with van der Waals surface area (Å²) in [5.74, 6) is 0.635. The summed E-state index contributed by atoms with van der Waals surface area (Å²) in [4.78, 5) is 4.40. The van der Waals surface area contributed by atoms with Crippen LogP contribution in [-0.4, -0.2) is 16.1 Å². The molecule has 2 aromatic rings. The van der Waals surface area contributed by atoms with Crippen molar-refractivity contribution < 1.29 is 5.11 Å². The van der Waals surface area contributed by atoms with Crippen molar-refractivity contribution in [3.05, 3.63) is 47.1 Å². The molecule has 0 saturated heterocycles. The molecule has 100 valence electrons. The van der Waals surface area contributed by atoms with Crippen molar-refractivity contribution in [3.63, 3.8) is 0 Å². The molecule has 0 spiro atoms. The minimum Gasteiger partial charge on any atom is -0.508 e. The highest BCUT2D eigenvalue weighted by Crippen LogP contribution is 2.39. The third-order valence-electron chi connectivity index (χ3n) is 3.28. The van der Waals surface area contributed by atoms with Gasteiger partial charge in [0.2, 0.25) is 0 Å². The fourth-order valence-corrected chi connectivity index (χ4v) is 2.31. The average molecular weight is 297 g/mol. The van der Waals surface area contributed by atoms with Gasteiger partial charge in [0.15, 0.2) is 0 Å². The maximum absolute atomic E-state index is 9.48. The van der Waals surface area contributed by atoms with Crippen LogP contribution in [-0.2, 0) is 0 Å². The van der Waals surface area contributed by atoms with Crippen molar-refractivity contribution in [1.82, 2.24) is 4.98 Å². The number of nitrogens with two attached hydrogens (primary N) is 1. The predicted molar refractivity (Wildman–Crippen MR) is 78.9 cm³/mol. The molecule has 5 heteroatoms. The van der Waals surface area contributed by atoms with Gasteiger partial charge in [-0.05, 0) is 36.2 Å². The van der Waals surface area contributed by atoms with E-state index in [4.69, 9.17) is 17.3 Å². The number of phenolic OH excluding ortho intramolecular Hbond substituents is 1. The molecule has 3 rings (SSSR count). The molecule has 3 N–H and O–H groups in total. The van der Waals surface area contributed by atoms with Crippen LogP contribution in [0.15, 0.2) is 36.5 Å². The van der Waals surface area contributed by atoms with Gasteiger partial charge in [-0.1, -0.05) is 17.7 Å². The van der Waals surface area contributed by atoms with E-state index in [9.17, 15) is 5.11 Å². The van der Waals surface area contributed by atoms with Gasteiger partial charge in [0, 0.05) is 23.7 Å². The number of nitrogens with zero attached hydrogens (tertiary/aromatic N) is 1. The summed E-state index contributed by atoms with van der Waals surface area (Å²) in [6.45, 7) is 0. The van der Waals surface area contributed by atoms with Crippen molar-refractivity contribution in [1.29, 1.82) is 0 Å². The normalized spacial score (nSPS) is 20.7. The Hall–Kier alpha value is -1.29. The van der Waals surface area contributed by atoms with E-state index in [0.717, 1.165) is 17.7 Å². The Morgan fingerprint density at radius 1 is 1.26 bits per heavy atom. The summed E-state index contributed by atoms with van der Waals surface area (Å²) in [6, 6.07) is 9.07. The molecule has 1 aromatic carbocycles. The van der Waals surface area contributed by atoms with Crippen LogP contribution in [0, 0.1) is 0 Å².